The highest BCUT2D eigenvalue weighted by molar-refractivity contribution is 7.91. The fraction of sp³-hybridized carbons (Fsp3) is 0.650. The van der Waals surface area contributed by atoms with Gasteiger partial charge in [0.1, 0.15) is 0 Å². The molecular weight excluding hydrogens is 378 g/mol. The molecule has 0 aromatic carbocycles. The number of fused-ring (bicyclic) bond motifs is 1. The van der Waals surface area contributed by atoms with Crippen LogP contribution < -0.4 is 0 Å². The maximum absolute atomic E-state index is 13.7. The van der Waals surface area contributed by atoms with Crippen LogP contribution in [0.25, 0.3) is 11.1 Å². The van der Waals surface area contributed by atoms with Gasteiger partial charge in [0.2, 0.25) is 0 Å². The molecule has 3 aliphatic rings. The molecule has 3 fully saturated rings. The first-order chi connectivity index (χ1) is 13.3. The second-order valence-electron chi connectivity index (χ2n) is 8.77. The molecule has 150 valence electrons. The average Bonchev–Trinajstić information content (AvgIpc) is 3.56. The molecule has 7 nitrogen and oxygen atoms in total. The molecule has 8 heteroatoms. The summed E-state index contributed by atoms with van der Waals surface area (Å²) in [4.78, 5) is 20.2. The van der Waals surface area contributed by atoms with E-state index in [0.29, 0.717) is 29.0 Å². The van der Waals surface area contributed by atoms with E-state index in [4.69, 9.17) is 4.52 Å². The molecule has 28 heavy (non-hydrogen) atoms. The summed E-state index contributed by atoms with van der Waals surface area (Å²) >= 11 is 0. The highest BCUT2D eigenvalue weighted by Crippen LogP contribution is 2.42. The summed E-state index contributed by atoms with van der Waals surface area (Å²) in [5, 5.41) is 4.89. The molecule has 2 aromatic rings. The number of rotatable bonds is 5. The molecule has 3 heterocycles. The molecule has 1 amide bonds. The SMILES string of the molecule is CC(C)c1noc2nc(C3CC3)cc(C(=O)N(C3CC3)C3CCS(=O)(=O)C3)c12. The van der Waals surface area contributed by atoms with Crippen molar-refractivity contribution >= 4 is 26.8 Å². The highest BCUT2D eigenvalue weighted by Gasteiger charge is 2.43. The highest BCUT2D eigenvalue weighted by atomic mass is 32.2. The lowest BCUT2D eigenvalue weighted by atomic mass is 10.0. The van der Waals surface area contributed by atoms with Gasteiger partial charge in [-0.25, -0.2) is 13.4 Å². The first kappa shape index (κ1) is 18.1. The normalized spacial score (nSPS) is 24.2. The van der Waals surface area contributed by atoms with Gasteiger partial charge in [-0.2, -0.15) is 0 Å². The van der Waals surface area contributed by atoms with Gasteiger partial charge in [-0.15, -0.1) is 0 Å². The minimum atomic E-state index is -3.06. The summed E-state index contributed by atoms with van der Waals surface area (Å²) < 4.78 is 29.6. The molecular formula is C20H25N3O4S. The summed E-state index contributed by atoms with van der Waals surface area (Å²) in [7, 11) is -3.06. The molecule has 1 saturated heterocycles. The van der Waals surface area contributed by atoms with E-state index in [9.17, 15) is 13.2 Å². The van der Waals surface area contributed by atoms with Crippen molar-refractivity contribution in [3.05, 3.63) is 23.0 Å². The number of hydrogen-bond acceptors (Lipinski definition) is 6. The fourth-order valence-corrected chi connectivity index (χ4v) is 5.97. The fourth-order valence-electron chi connectivity index (χ4n) is 4.26. The van der Waals surface area contributed by atoms with Crippen LogP contribution in [-0.2, 0) is 9.84 Å². The Balaban J connectivity index is 1.61. The Morgan fingerprint density at radius 1 is 1.18 bits per heavy atom. The number of carbonyl (C=O) groups excluding carboxylic acids is 1. The number of aromatic nitrogens is 2. The Morgan fingerprint density at radius 2 is 1.93 bits per heavy atom. The third-order valence-corrected chi connectivity index (χ3v) is 7.79. The summed E-state index contributed by atoms with van der Waals surface area (Å²) in [6.07, 6.45) is 4.54. The van der Waals surface area contributed by atoms with Crippen LogP contribution in [0.3, 0.4) is 0 Å². The lowest BCUT2D eigenvalue weighted by Gasteiger charge is -2.28. The van der Waals surface area contributed by atoms with Crippen molar-refractivity contribution in [3.63, 3.8) is 0 Å². The van der Waals surface area contributed by atoms with E-state index >= 15 is 0 Å². The summed E-state index contributed by atoms with van der Waals surface area (Å²) in [5.74, 6) is 0.619. The van der Waals surface area contributed by atoms with Gasteiger partial charge in [-0.1, -0.05) is 19.0 Å². The van der Waals surface area contributed by atoms with Crippen molar-refractivity contribution in [2.24, 2.45) is 0 Å². The molecule has 0 bridgehead atoms. The van der Waals surface area contributed by atoms with E-state index in [-0.39, 0.29) is 35.4 Å². The Labute approximate surface area is 164 Å². The number of pyridine rings is 1. The maximum atomic E-state index is 13.7. The van der Waals surface area contributed by atoms with Crippen LogP contribution in [0.15, 0.2) is 10.6 Å². The predicted molar refractivity (Wildman–Crippen MR) is 104 cm³/mol. The second kappa shape index (κ2) is 6.27. The molecule has 2 aliphatic carbocycles. The van der Waals surface area contributed by atoms with E-state index < -0.39 is 9.84 Å². The van der Waals surface area contributed by atoms with Gasteiger partial charge in [0.15, 0.2) is 9.84 Å². The average molecular weight is 404 g/mol. The lowest BCUT2D eigenvalue weighted by Crippen LogP contribution is -2.43. The Bertz CT molecular complexity index is 1050. The molecule has 2 aromatic heterocycles. The van der Waals surface area contributed by atoms with Crippen molar-refractivity contribution in [1.82, 2.24) is 15.0 Å². The minimum Gasteiger partial charge on any atom is -0.335 e. The van der Waals surface area contributed by atoms with Gasteiger partial charge in [0.25, 0.3) is 11.6 Å². The van der Waals surface area contributed by atoms with Crippen LogP contribution in [0.5, 0.6) is 0 Å². The molecule has 5 rings (SSSR count). The predicted octanol–water partition coefficient (Wildman–Crippen LogP) is 3.02. The monoisotopic (exact) mass is 403 g/mol. The maximum Gasteiger partial charge on any atom is 0.259 e. The number of carbonyl (C=O) groups is 1. The summed E-state index contributed by atoms with van der Waals surface area (Å²) in [6, 6.07) is 1.81. The Kier molecular flexibility index (Phi) is 4.05. The van der Waals surface area contributed by atoms with Gasteiger partial charge >= 0.3 is 0 Å². The molecule has 1 atom stereocenters. The minimum absolute atomic E-state index is 0.0691. The Hall–Kier alpha value is -1.96. The van der Waals surface area contributed by atoms with Crippen LogP contribution in [0.4, 0.5) is 0 Å². The van der Waals surface area contributed by atoms with Crippen molar-refractivity contribution in [2.75, 3.05) is 11.5 Å². The molecule has 0 radical (unpaired) electrons. The molecule has 0 spiro atoms. The number of sulfone groups is 1. The van der Waals surface area contributed by atoms with Gasteiger partial charge < -0.3 is 9.42 Å². The van der Waals surface area contributed by atoms with E-state index in [0.717, 1.165) is 37.1 Å². The molecule has 1 unspecified atom stereocenters. The van der Waals surface area contributed by atoms with Crippen molar-refractivity contribution in [2.45, 2.75) is 69.9 Å². The van der Waals surface area contributed by atoms with E-state index in [2.05, 4.69) is 10.1 Å². The van der Waals surface area contributed by atoms with Gasteiger partial charge in [-0.05, 0) is 44.1 Å². The van der Waals surface area contributed by atoms with E-state index in [1.165, 1.54) is 0 Å². The van der Waals surface area contributed by atoms with Crippen molar-refractivity contribution in [1.29, 1.82) is 0 Å². The van der Waals surface area contributed by atoms with Gasteiger partial charge in [-0.3, -0.25) is 4.79 Å². The molecule has 0 N–H and O–H groups in total. The zero-order valence-electron chi connectivity index (χ0n) is 16.2. The number of hydrogen-bond donors (Lipinski definition) is 0. The van der Waals surface area contributed by atoms with Crippen molar-refractivity contribution in [3.8, 4) is 0 Å². The third-order valence-electron chi connectivity index (χ3n) is 6.04. The standard InChI is InChI=1S/C20H25N3O4S/c1-11(2)18-17-15(9-16(12-3-4-12)21-19(17)27-22-18)20(24)23(13-5-6-13)14-7-8-28(25,26)10-14/h9,11-14H,3-8,10H2,1-2H3. The Morgan fingerprint density at radius 3 is 2.50 bits per heavy atom. The lowest BCUT2D eigenvalue weighted by molar-refractivity contribution is 0.0682. The van der Waals surface area contributed by atoms with Crippen LogP contribution >= 0.6 is 0 Å². The third kappa shape index (κ3) is 3.11. The largest absolute Gasteiger partial charge is 0.335 e. The topological polar surface area (TPSA) is 93.4 Å². The second-order valence-corrected chi connectivity index (χ2v) is 11.0. The van der Waals surface area contributed by atoms with Gasteiger partial charge in [0.05, 0.1) is 28.1 Å². The zero-order valence-corrected chi connectivity index (χ0v) is 17.0. The molecule has 1 aliphatic heterocycles. The summed E-state index contributed by atoms with van der Waals surface area (Å²) in [6.45, 7) is 4.03. The van der Waals surface area contributed by atoms with Crippen molar-refractivity contribution < 1.29 is 17.7 Å². The number of amides is 1. The van der Waals surface area contributed by atoms with E-state index in [1.807, 2.05) is 24.8 Å². The molecule has 2 saturated carbocycles. The van der Waals surface area contributed by atoms with Crippen LogP contribution in [0.1, 0.15) is 79.5 Å². The van der Waals surface area contributed by atoms with Crippen LogP contribution in [0.2, 0.25) is 0 Å². The summed E-state index contributed by atoms with van der Waals surface area (Å²) in [5.41, 5.74) is 2.62. The first-order valence-electron chi connectivity index (χ1n) is 10.2. The van der Waals surface area contributed by atoms with E-state index in [1.54, 1.807) is 0 Å². The zero-order chi connectivity index (χ0) is 19.6. The van der Waals surface area contributed by atoms with Crippen LogP contribution in [0, 0.1) is 0 Å². The first-order valence-corrected chi connectivity index (χ1v) is 12.0. The van der Waals surface area contributed by atoms with Gasteiger partial charge in [0, 0.05) is 23.7 Å². The quantitative estimate of drug-likeness (QED) is 0.762. The van der Waals surface area contributed by atoms with Crippen LogP contribution in [-0.4, -0.2) is 53.0 Å². The smallest absolute Gasteiger partial charge is 0.259 e. The number of nitrogens with zero attached hydrogens (tertiary/aromatic N) is 3.